The van der Waals surface area contributed by atoms with Gasteiger partial charge in [-0.2, -0.15) is 0 Å². The molecule has 0 unspecified atom stereocenters. The van der Waals surface area contributed by atoms with E-state index < -0.39 is 0 Å². The first-order valence-corrected chi connectivity index (χ1v) is 5.33. The van der Waals surface area contributed by atoms with E-state index in [4.69, 9.17) is 17.3 Å². The monoisotopic (exact) mass is 252 g/mol. The Labute approximate surface area is 102 Å². The Balaban J connectivity index is 0.00000196. The lowest BCUT2D eigenvalue weighted by Gasteiger charge is -2.14. The Morgan fingerprint density at radius 1 is 1.53 bits per heavy atom. The SMILES string of the molecule is C=C(Cl)CNC(=O)C[C@@H]1CCC[C@H]1N.Cl. The van der Waals surface area contributed by atoms with Crippen LogP contribution in [0, 0.1) is 5.92 Å². The third kappa shape index (κ3) is 5.40. The van der Waals surface area contributed by atoms with E-state index in [1.54, 1.807) is 0 Å². The lowest BCUT2D eigenvalue weighted by molar-refractivity contribution is -0.121. The van der Waals surface area contributed by atoms with Crippen molar-refractivity contribution in [1.29, 1.82) is 0 Å². The van der Waals surface area contributed by atoms with Crippen molar-refractivity contribution in [3.8, 4) is 0 Å². The van der Waals surface area contributed by atoms with Crippen LogP contribution in [-0.4, -0.2) is 18.5 Å². The number of nitrogens with one attached hydrogen (secondary N) is 1. The molecule has 3 nitrogen and oxygen atoms in total. The van der Waals surface area contributed by atoms with Crippen molar-refractivity contribution >= 4 is 29.9 Å². The molecule has 0 heterocycles. The highest BCUT2D eigenvalue weighted by Gasteiger charge is 2.25. The zero-order chi connectivity index (χ0) is 10.6. The highest BCUT2D eigenvalue weighted by atomic mass is 35.5. The summed E-state index contributed by atoms with van der Waals surface area (Å²) in [5.41, 5.74) is 5.86. The molecular weight excluding hydrogens is 235 g/mol. The molecule has 1 fully saturated rings. The molecule has 0 aromatic carbocycles. The van der Waals surface area contributed by atoms with E-state index in [1.165, 1.54) is 0 Å². The average molecular weight is 253 g/mol. The Kier molecular flexibility index (Phi) is 6.98. The molecule has 15 heavy (non-hydrogen) atoms. The second kappa shape index (κ2) is 7.09. The minimum Gasteiger partial charge on any atom is -0.351 e. The van der Waals surface area contributed by atoms with Crippen LogP contribution in [0.25, 0.3) is 0 Å². The van der Waals surface area contributed by atoms with Crippen LogP contribution in [0.1, 0.15) is 25.7 Å². The molecule has 2 atom stereocenters. The summed E-state index contributed by atoms with van der Waals surface area (Å²) in [6.07, 6.45) is 3.77. The Morgan fingerprint density at radius 2 is 2.20 bits per heavy atom. The summed E-state index contributed by atoms with van der Waals surface area (Å²) in [4.78, 5) is 11.4. The molecule has 0 aromatic heterocycles. The number of hydrogen-bond donors (Lipinski definition) is 2. The van der Waals surface area contributed by atoms with Crippen molar-refractivity contribution in [1.82, 2.24) is 5.32 Å². The van der Waals surface area contributed by atoms with E-state index in [2.05, 4.69) is 11.9 Å². The van der Waals surface area contributed by atoms with E-state index in [9.17, 15) is 4.79 Å². The molecule has 0 bridgehead atoms. The standard InChI is InChI=1S/C10H17ClN2O.ClH/c1-7(11)6-13-10(14)5-8-3-2-4-9(8)12;/h8-9H,1-6,12H2,(H,13,14);1H/t8-,9+;/m0./s1. The molecule has 1 amide bonds. The van der Waals surface area contributed by atoms with Gasteiger partial charge >= 0.3 is 0 Å². The van der Waals surface area contributed by atoms with Gasteiger partial charge < -0.3 is 11.1 Å². The first-order chi connectivity index (χ1) is 6.59. The molecular formula is C10H18Cl2N2O. The predicted molar refractivity (Wildman–Crippen MR) is 65.2 cm³/mol. The summed E-state index contributed by atoms with van der Waals surface area (Å²) in [7, 11) is 0. The molecule has 88 valence electrons. The van der Waals surface area contributed by atoms with Gasteiger partial charge in [0.05, 0.1) is 6.54 Å². The number of hydrogen-bond acceptors (Lipinski definition) is 2. The fourth-order valence-electron chi connectivity index (χ4n) is 1.82. The average Bonchev–Trinajstić information content (AvgIpc) is 2.49. The van der Waals surface area contributed by atoms with Gasteiger partial charge in [0.1, 0.15) is 0 Å². The minimum absolute atomic E-state index is 0. The molecule has 1 aliphatic carbocycles. The molecule has 0 aliphatic heterocycles. The van der Waals surface area contributed by atoms with Crippen LogP contribution in [0.15, 0.2) is 11.6 Å². The van der Waals surface area contributed by atoms with Crippen molar-refractivity contribution in [2.75, 3.05) is 6.54 Å². The van der Waals surface area contributed by atoms with Gasteiger partial charge in [0.25, 0.3) is 0 Å². The number of nitrogens with two attached hydrogens (primary N) is 1. The second-order valence-corrected chi connectivity index (χ2v) is 4.39. The number of rotatable bonds is 4. The van der Waals surface area contributed by atoms with Gasteiger partial charge in [-0.15, -0.1) is 12.4 Å². The van der Waals surface area contributed by atoms with Crippen molar-refractivity contribution in [2.45, 2.75) is 31.7 Å². The van der Waals surface area contributed by atoms with E-state index in [1.807, 2.05) is 0 Å². The summed E-state index contributed by atoms with van der Waals surface area (Å²) in [6, 6.07) is 0.194. The topological polar surface area (TPSA) is 55.1 Å². The quantitative estimate of drug-likeness (QED) is 0.802. The lowest BCUT2D eigenvalue weighted by Crippen LogP contribution is -2.32. The van der Waals surface area contributed by atoms with E-state index >= 15 is 0 Å². The fourth-order valence-corrected chi connectivity index (χ4v) is 1.89. The zero-order valence-corrected chi connectivity index (χ0v) is 10.2. The van der Waals surface area contributed by atoms with Crippen molar-refractivity contribution < 1.29 is 4.79 Å². The Morgan fingerprint density at radius 3 is 2.67 bits per heavy atom. The molecule has 1 rings (SSSR count). The summed E-state index contributed by atoms with van der Waals surface area (Å²) in [6.45, 7) is 3.85. The number of carbonyl (C=O) groups excluding carboxylic acids is 1. The fraction of sp³-hybridized carbons (Fsp3) is 0.700. The normalized spacial score (nSPS) is 24.4. The molecule has 0 radical (unpaired) electrons. The number of carbonyl (C=O) groups is 1. The minimum atomic E-state index is 0. The molecule has 0 saturated heterocycles. The summed E-state index contributed by atoms with van der Waals surface area (Å²) in [5, 5.41) is 3.16. The van der Waals surface area contributed by atoms with Gasteiger partial charge in [0.15, 0.2) is 0 Å². The van der Waals surface area contributed by atoms with Crippen LogP contribution in [0.3, 0.4) is 0 Å². The third-order valence-corrected chi connectivity index (χ3v) is 2.78. The van der Waals surface area contributed by atoms with Gasteiger partial charge in [-0.05, 0) is 18.8 Å². The molecule has 5 heteroatoms. The van der Waals surface area contributed by atoms with E-state index in [-0.39, 0.29) is 24.4 Å². The maximum absolute atomic E-state index is 11.4. The molecule has 0 spiro atoms. The Hall–Kier alpha value is -0.250. The first-order valence-electron chi connectivity index (χ1n) is 4.95. The maximum Gasteiger partial charge on any atom is 0.220 e. The van der Waals surface area contributed by atoms with Crippen molar-refractivity contribution in [3.63, 3.8) is 0 Å². The smallest absolute Gasteiger partial charge is 0.220 e. The van der Waals surface area contributed by atoms with Crippen LogP contribution in [0.4, 0.5) is 0 Å². The number of halogens is 2. The first kappa shape index (κ1) is 14.8. The molecule has 1 saturated carbocycles. The highest BCUT2D eigenvalue weighted by molar-refractivity contribution is 6.29. The summed E-state index contributed by atoms with van der Waals surface area (Å²) >= 11 is 5.53. The summed E-state index contributed by atoms with van der Waals surface area (Å²) < 4.78 is 0. The Bertz CT molecular complexity index is 233. The van der Waals surface area contributed by atoms with Crippen molar-refractivity contribution in [2.24, 2.45) is 11.7 Å². The largest absolute Gasteiger partial charge is 0.351 e. The second-order valence-electron chi connectivity index (χ2n) is 3.85. The van der Waals surface area contributed by atoms with Crippen LogP contribution < -0.4 is 11.1 Å². The zero-order valence-electron chi connectivity index (χ0n) is 8.67. The van der Waals surface area contributed by atoms with Crippen molar-refractivity contribution in [3.05, 3.63) is 11.6 Å². The van der Waals surface area contributed by atoms with Gasteiger partial charge in [-0.1, -0.05) is 24.6 Å². The predicted octanol–water partition coefficient (Wildman–Crippen LogP) is 1.79. The maximum atomic E-state index is 11.4. The van der Waals surface area contributed by atoms with Crippen LogP contribution in [0.5, 0.6) is 0 Å². The van der Waals surface area contributed by atoms with Crippen LogP contribution in [0.2, 0.25) is 0 Å². The van der Waals surface area contributed by atoms with Gasteiger partial charge in [0, 0.05) is 17.5 Å². The van der Waals surface area contributed by atoms with Gasteiger partial charge in [-0.3, -0.25) is 4.79 Å². The highest BCUT2D eigenvalue weighted by Crippen LogP contribution is 2.26. The summed E-state index contributed by atoms with van der Waals surface area (Å²) in [5.74, 6) is 0.368. The van der Waals surface area contributed by atoms with Gasteiger partial charge in [-0.25, -0.2) is 0 Å². The van der Waals surface area contributed by atoms with E-state index in [0.29, 0.717) is 23.9 Å². The lowest BCUT2D eigenvalue weighted by atomic mass is 10.00. The van der Waals surface area contributed by atoms with Crippen LogP contribution >= 0.6 is 24.0 Å². The van der Waals surface area contributed by atoms with Crippen LogP contribution in [-0.2, 0) is 4.79 Å². The molecule has 3 N–H and O–H groups in total. The molecule has 1 aliphatic rings. The molecule has 0 aromatic rings. The third-order valence-electron chi connectivity index (χ3n) is 2.64. The number of amides is 1. The van der Waals surface area contributed by atoms with Gasteiger partial charge in [0.2, 0.25) is 5.91 Å². The van der Waals surface area contributed by atoms with E-state index in [0.717, 1.165) is 19.3 Å².